The summed E-state index contributed by atoms with van der Waals surface area (Å²) >= 11 is 1.68. The fraction of sp³-hybridized carbons (Fsp3) is 0.179. The zero-order chi connectivity index (χ0) is 22.8. The van der Waals surface area contributed by atoms with Crippen molar-refractivity contribution in [2.24, 2.45) is 0 Å². The van der Waals surface area contributed by atoms with E-state index in [9.17, 15) is 9.59 Å². The maximum absolute atomic E-state index is 13.3. The number of para-hydroxylation sites is 1. The van der Waals surface area contributed by atoms with E-state index in [2.05, 4.69) is 19.1 Å². The smallest absolute Gasteiger partial charge is 0.339 e. The highest BCUT2D eigenvalue weighted by Crippen LogP contribution is 2.38. The summed E-state index contributed by atoms with van der Waals surface area (Å²) in [5.41, 5.74) is 5.87. The van der Waals surface area contributed by atoms with E-state index in [0.29, 0.717) is 11.1 Å². The number of nitrogens with zero attached hydrogens (tertiary/aromatic N) is 1. The Morgan fingerprint density at radius 1 is 1.03 bits per heavy atom. The molecule has 2 aromatic carbocycles. The molecule has 0 bridgehead atoms. The summed E-state index contributed by atoms with van der Waals surface area (Å²) in [7, 11) is 0. The standard InChI is InChI=1S/C28H23NO3S/c1-2-18-9-11-19(12-10-18)25(30)17-32-28(31)26-22-7-3-4-8-24(22)29-27-20(13-14-23(26)27)16-21-6-5-15-33-21/h3-12,15-16H,2,13-14,17H2,1H3. The molecule has 0 N–H and O–H groups in total. The summed E-state index contributed by atoms with van der Waals surface area (Å²) in [6.07, 6.45) is 4.60. The molecule has 164 valence electrons. The number of benzene rings is 2. The monoisotopic (exact) mass is 453 g/mol. The number of ketones is 1. The zero-order valence-corrected chi connectivity index (χ0v) is 19.2. The molecule has 0 aliphatic heterocycles. The summed E-state index contributed by atoms with van der Waals surface area (Å²) < 4.78 is 5.54. The van der Waals surface area contributed by atoms with Gasteiger partial charge in [-0.2, -0.15) is 0 Å². The second-order valence-corrected chi connectivity index (χ2v) is 9.05. The minimum absolute atomic E-state index is 0.209. The Morgan fingerprint density at radius 3 is 2.61 bits per heavy atom. The predicted molar refractivity (Wildman–Crippen MR) is 133 cm³/mol. The highest BCUT2D eigenvalue weighted by molar-refractivity contribution is 7.10. The van der Waals surface area contributed by atoms with Gasteiger partial charge in [0.15, 0.2) is 12.4 Å². The SMILES string of the molecule is CCc1ccc(C(=O)COC(=O)c2c3c(nc4ccccc24)C(=Cc2cccs2)CC3)cc1. The molecule has 4 aromatic rings. The predicted octanol–water partition coefficient (Wildman–Crippen LogP) is 6.39. The van der Waals surface area contributed by atoms with Crippen molar-refractivity contribution in [3.05, 3.63) is 98.9 Å². The third-order valence-corrected chi connectivity index (χ3v) is 6.84. The van der Waals surface area contributed by atoms with E-state index in [1.165, 1.54) is 0 Å². The number of Topliss-reactive ketones (excluding diaryl/α,β-unsaturated/α-hetero) is 1. The number of aromatic nitrogens is 1. The van der Waals surface area contributed by atoms with Gasteiger partial charge in [0.1, 0.15) is 0 Å². The van der Waals surface area contributed by atoms with Crippen LogP contribution in [-0.2, 0) is 17.6 Å². The van der Waals surface area contributed by atoms with Gasteiger partial charge in [0.25, 0.3) is 0 Å². The van der Waals surface area contributed by atoms with Crippen molar-refractivity contribution in [3.8, 4) is 0 Å². The molecule has 2 heterocycles. The third-order valence-electron chi connectivity index (χ3n) is 6.02. The lowest BCUT2D eigenvalue weighted by Crippen LogP contribution is -2.16. The Kier molecular flexibility index (Phi) is 5.88. The zero-order valence-electron chi connectivity index (χ0n) is 18.3. The number of esters is 1. The lowest BCUT2D eigenvalue weighted by molar-refractivity contribution is 0.0475. The molecule has 0 amide bonds. The van der Waals surface area contributed by atoms with Crippen LogP contribution in [-0.4, -0.2) is 23.3 Å². The molecule has 33 heavy (non-hydrogen) atoms. The van der Waals surface area contributed by atoms with Gasteiger partial charge in [0.2, 0.25) is 0 Å². The first-order chi connectivity index (χ1) is 16.1. The van der Waals surface area contributed by atoms with Gasteiger partial charge in [0, 0.05) is 15.8 Å². The van der Waals surface area contributed by atoms with E-state index < -0.39 is 5.97 Å². The molecule has 1 aliphatic rings. The van der Waals surface area contributed by atoms with Crippen molar-refractivity contribution in [3.63, 3.8) is 0 Å². The van der Waals surface area contributed by atoms with Crippen molar-refractivity contribution < 1.29 is 14.3 Å². The van der Waals surface area contributed by atoms with Gasteiger partial charge >= 0.3 is 5.97 Å². The molecule has 0 spiro atoms. The van der Waals surface area contributed by atoms with Crippen LogP contribution in [0.4, 0.5) is 0 Å². The molecule has 1 aliphatic carbocycles. The van der Waals surface area contributed by atoms with Crippen molar-refractivity contribution >= 4 is 45.6 Å². The second kappa shape index (κ2) is 9.12. The fourth-order valence-corrected chi connectivity index (χ4v) is 4.95. The number of pyridine rings is 1. The van der Waals surface area contributed by atoms with Gasteiger partial charge in [-0.15, -0.1) is 11.3 Å². The molecule has 2 aromatic heterocycles. The van der Waals surface area contributed by atoms with E-state index >= 15 is 0 Å². The number of hydrogen-bond donors (Lipinski definition) is 0. The fourth-order valence-electron chi connectivity index (χ4n) is 4.27. The third kappa shape index (κ3) is 4.24. The van der Waals surface area contributed by atoms with E-state index in [1.54, 1.807) is 23.5 Å². The number of aryl methyl sites for hydroxylation is 1. The molecule has 0 radical (unpaired) electrons. The number of hydrogen-bond acceptors (Lipinski definition) is 5. The van der Waals surface area contributed by atoms with E-state index in [4.69, 9.17) is 9.72 Å². The van der Waals surface area contributed by atoms with Crippen molar-refractivity contribution in [1.82, 2.24) is 4.98 Å². The quantitative estimate of drug-likeness (QED) is 0.251. The maximum Gasteiger partial charge on any atom is 0.339 e. The Bertz CT molecular complexity index is 1370. The Balaban J connectivity index is 1.46. The number of carbonyl (C=O) groups excluding carboxylic acids is 2. The molecule has 5 rings (SSSR count). The van der Waals surface area contributed by atoms with Crippen LogP contribution in [0.5, 0.6) is 0 Å². The molecule has 0 saturated carbocycles. The van der Waals surface area contributed by atoms with Gasteiger partial charge in [-0.05, 0) is 59.6 Å². The number of rotatable bonds is 6. The Labute approximate surface area is 196 Å². The lowest BCUT2D eigenvalue weighted by atomic mass is 10.0. The lowest BCUT2D eigenvalue weighted by Gasteiger charge is -2.12. The molecular formula is C28H23NO3S. The number of thiophene rings is 1. The van der Waals surface area contributed by atoms with Crippen LogP contribution in [0.25, 0.3) is 22.6 Å². The van der Waals surface area contributed by atoms with Crippen LogP contribution >= 0.6 is 11.3 Å². The molecule has 0 fully saturated rings. The topological polar surface area (TPSA) is 56.3 Å². The summed E-state index contributed by atoms with van der Waals surface area (Å²) in [5.74, 6) is -0.681. The number of carbonyl (C=O) groups is 2. The van der Waals surface area contributed by atoms with Crippen LogP contribution in [0.2, 0.25) is 0 Å². The first-order valence-electron chi connectivity index (χ1n) is 11.1. The van der Waals surface area contributed by atoms with Gasteiger partial charge in [-0.1, -0.05) is 55.5 Å². The second-order valence-electron chi connectivity index (χ2n) is 8.07. The minimum atomic E-state index is -0.472. The minimum Gasteiger partial charge on any atom is -0.454 e. The van der Waals surface area contributed by atoms with E-state index in [-0.39, 0.29) is 12.4 Å². The van der Waals surface area contributed by atoms with Gasteiger partial charge < -0.3 is 4.74 Å². The van der Waals surface area contributed by atoms with Crippen LogP contribution in [0.1, 0.15) is 55.8 Å². The molecule has 5 heteroatoms. The highest BCUT2D eigenvalue weighted by atomic mass is 32.1. The molecular weight excluding hydrogens is 430 g/mol. The van der Waals surface area contributed by atoms with E-state index in [0.717, 1.165) is 57.4 Å². The van der Waals surface area contributed by atoms with Gasteiger partial charge in [-0.3, -0.25) is 4.79 Å². The Morgan fingerprint density at radius 2 is 1.85 bits per heavy atom. The van der Waals surface area contributed by atoms with Crippen LogP contribution < -0.4 is 0 Å². The van der Waals surface area contributed by atoms with Crippen molar-refractivity contribution in [2.45, 2.75) is 26.2 Å². The van der Waals surface area contributed by atoms with E-state index in [1.807, 2.05) is 47.8 Å². The largest absolute Gasteiger partial charge is 0.454 e. The first kappa shape index (κ1) is 21.3. The molecule has 0 atom stereocenters. The molecule has 0 saturated heterocycles. The molecule has 0 unspecified atom stereocenters. The normalized spacial score (nSPS) is 13.9. The summed E-state index contributed by atoms with van der Waals surface area (Å²) in [6.45, 7) is 1.78. The number of allylic oxidation sites excluding steroid dienone is 1. The number of fused-ring (bicyclic) bond motifs is 2. The average Bonchev–Trinajstić information content (AvgIpc) is 3.51. The van der Waals surface area contributed by atoms with Crippen molar-refractivity contribution in [1.29, 1.82) is 0 Å². The maximum atomic E-state index is 13.3. The van der Waals surface area contributed by atoms with Crippen LogP contribution in [0.3, 0.4) is 0 Å². The Hall–Kier alpha value is -3.57. The van der Waals surface area contributed by atoms with Crippen LogP contribution in [0.15, 0.2) is 66.0 Å². The van der Waals surface area contributed by atoms with Gasteiger partial charge in [0.05, 0.1) is 16.8 Å². The summed E-state index contributed by atoms with van der Waals surface area (Å²) in [4.78, 5) is 31.9. The highest BCUT2D eigenvalue weighted by Gasteiger charge is 2.28. The summed E-state index contributed by atoms with van der Waals surface area (Å²) in [5, 5.41) is 2.81. The first-order valence-corrected chi connectivity index (χ1v) is 12.0. The van der Waals surface area contributed by atoms with Crippen molar-refractivity contribution in [2.75, 3.05) is 6.61 Å². The summed E-state index contributed by atoms with van der Waals surface area (Å²) in [6, 6.07) is 19.1. The van der Waals surface area contributed by atoms with Crippen LogP contribution in [0, 0.1) is 0 Å². The number of ether oxygens (including phenoxy) is 1. The molecule has 4 nitrogen and oxygen atoms in total. The van der Waals surface area contributed by atoms with Gasteiger partial charge in [-0.25, -0.2) is 9.78 Å². The average molecular weight is 454 g/mol.